The highest BCUT2D eigenvalue weighted by molar-refractivity contribution is 7.98. The molecule has 0 aliphatic heterocycles. The third-order valence-electron chi connectivity index (χ3n) is 3.10. The highest BCUT2D eigenvalue weighted by atomic mass is 32.2. The topological polar surface area (TPSA) is 92.4 Å². The minimum Gasteiger partial charge on any atom is -0.481 e. The fraction of sp³-hybridized carbons (Fsp3) is 0.818. The average Bonchev–Trinajstić information content (AvgIpc) is 2.74. The second-order valence-electron chi connectivity index (χ2n) is 4.44. The van der Waals surface area contributed by atoms with Gasteiger partial charge in [0.2, 0.25) is 5.91 Å². The summed E-state index contributed by atoms with van der Waals surface area (Å²) in [4.78, 5) is 22.5. The summed E-state index contributed by atoms with van der Waals surface area (Å²) in [5.74, 6) is -0.386. The molecule has 3 atom stereocenters. The van der Waals surface area contributed by atoms with Crippen LogP contribution in [0, 0.1) is 5.92 Å². The SMILES string of the molecule is CSCC[C@@H](N)C(=O)N[C@H]1CC[C@@H](C(=O)O)C1. The number of nitrogens with one attached hydrogen (secondary N) is 1. The molecule has 0 heterocycles. The third-order valence-corrected chi connectivity index (χ3v) is 3.74. The van der Waals surface area contributed by atoms with Crippen LogP contribution < -0.4 is 11.1 Å². The number of hydrogen-bond acceptors (Lipinski definition) is 4. The van der Waals surface area contributed by atoms with Gasteiger partial charge in [0.15, 0.2) is 0 Å². The second kappa shape index (κ2) is 6.86. The summed E-state index contributed by atoms with van der Waals surface area (Å²) in [5.41, 5.74) is 5.73. The first-order valence-corrected chi connectivity index (χ1v) is 7.21. The van der Waals surface area contributed by atoms with E-state index >= 15 is 0 Å². The number of thioether (sulfide) groups is 1. The minimum atomic E-state index is -0.770. The van der Waals surface area contributed by atoms with Gasteiger partial charge in [0.05, 0.1) is 12.0 Å². The molecule has 1 rings (SSSR count). The van der Waals surface area contributed by atoms with E-state index in [-0.39, 0.29) is 17.9 Å². The molecule has 1 aliphatic carbocycles. The highest BCUT2D eigenvalue weighted by Crippen LogP contribution is 2.25. The van der Waals surface area contributed by atoms with E-state index in [1.54, 1.807) is 11.8 Å². The molecule has 0 spiro atoms. The van der Waals surface area contributed by atoms with E-state index in [0.29, 0.717) is 19.3 Å². The zero-order valence-electron chi connectivity index (χ0n) is 10.0. The Balaban J connectivity index is 2.30. The second-order valence-corrected chi connectivity index (χ2v) is 5.43. The molecule has 1 saturated carbocycles. The van der Waals surface area contributed by atoms with Crippen molar-refractivity contribution in [3.8, 4) is 0 Å². The molecule has 4 N–H and O–H groups in total. The molecule has 0 radical (unpaired) electrons. The molecule has 0 saturated heterocycles. The minimum absolute atomic E-state index is 0.0241. The zero-order valence-corrected chi connectivity index (χ0v) is 10.8. The van der Waals surface area contributed by atoms with Gasteiger partial charge in [0.25, 0.3) is 0 Å². The predicted molar refractivity (Wildman–Crippen MR) is 67.9 cm³/mol. The van der Waals surface area contributed by atoms with Gasteiger partial charge in [-0.2, -0.15) is 11.8 Å². The Morgan fingerprint density at radius 3 is 2.76 bits per heavy atom. The zero-order chi connectivity index (χ0) is 12.8. The van der Waals surface area contributed by atoms with Gasteiger partial charge in [0.1, 0.15) is 0 Å². The van der Waals surface area contributed by atoms with Crippen LogP contribution in [-0.4, -0.2) is 41.1 Å². The Morgan fingerprint density at radius 1 is 1.53 bits per heavy atom. The molecule has 0 bridgehead atoms. The summed E-state index contributed by atoms with van der Waals surface area (Å²) in [5, 5.41) is 11.7. The summed E-state index contributed by atoms with van der Waals surface area (Å²) in [6.45, 7) is 0. The van der Waals surface area contributed by atoms with Crippen LogP contribution >= 0.6 is 11.8 Å². The quantitative estimate of drug-likeness (QED) is 0.644. The van der Waals surface area contributed by atoms with E-state index in [9.17, 15) is 9.59 Å². The van der Waals surface area contributed by atoms with Gasteiger partial charge in [-0.1, -0.05) is 0 Å². The third kappa shape index (κ3) is 4.55. The summed E-state index contributed by atoms with van der Waals surface area (Å²) in [7, 11) is 0. The van der Waals surface area contributed by atoms with Gasteiger partial charge in [-0.15, -0.1) is 0 Å². The Kier molecular flexibility index (Phi) is 5.77. The van der Waals surface area contributed by atoms with E-state index < -0.39 is 12.0 Å². The maximum atomic E-state index is 11.7. The van der Waals surface area contributed by atoms with Crippen LogP contribution in [0.25, 0.3) is 0 Å². The number of amides is 1. The molecule has 1 aliphatic rings. The molecule has 17 heavy (non-hydrogen) atoms. The normalized spacial score (nSPS) is 25.5. The molecule has 98 valence electrons. The molecule has 0 aromatic heterocycles. The summed E-state index contributed by atoms with van der Waals surface area (Å²) in [6.07, 6.45) is 4.52. The van der Waals surface area contributed by atoms with Crippen LogP contribution in [0.2, 0.25) is 0 Å². The molecule has 1 amide bonds. The Morgan fingerprint density at radius 2 is 2.24 bits per heavy atom. The van der Waals surface area contributed by atoms with Crippen molar-refractivity contribution in [2.45, 2.75) is 37.8 Å². The lowest BCUT2D eigenvalue weighted by atomic mass is 10.1. The van der Waals surface area contributed by atoms with Crippen molar-refractivity contribution in [2.24, 2.45) is 11.7 Å². The van der Waals surface area contributed by atoms with Crippen molar-refractivity contribution < 1.29 is 14.7 Å². The van der Waals surface area contributed by atoms with Gasteiger partial charge < -0.3 is 16.2 Å². The highest BCUT2D eigenvalue weighted by Gasteiger charge is 2.31. The first-order valence-electron chi connectivity index (χ1n) is 5.82. The van der Waals surface area contributed by atoms with E-state index in [1.165, 1.54) is 0 Å². The number of rotatable bonds is 6. The van der Waals surface area contributed by atoms with Gasteiger partial charge >= 0.3 is 5.97 Å². The van der Waals surface area contributed by atoms with Crippen molar-refractivity contribution in [3.63, 3.8) is 0 Å². The molecule has 6 heteroatoms. The standard InChI is InChI=1S/C11H20N2O3S/c1-17-5-4-9(12)10(14)13-8-3-2-7(6-8)11(15)16/h7-9H,2-6,12H2,1H3,(H,13,14)(H,15,16)/t7-,8+,9-/m1/s1. The molecular formula is C11H20N2O3S. The maximum absolute atomic E-state index is 11.7. The van der Waals surface area contributed by atoms with Crippen LogP contribution in [0.5, 0.6) is 0 Å². The predicted octanol–water partition coefficient (Wildman–Crippen LogP) is 0.436. The van der Waals surface area contributed by atoms with Crippen LogP contribution in [0.15, 0.2) is 0 Å². The van der Waals surface area contributed by atoms with Crippen molar-refractivity contribution in [3.05, 3.63) is 0 Å². The van der Waals surface area contributed by atoms with Crippen LogP contribution in [0.3, 0.4) is 0 Å². The Bertz CT molecular complexity index is 286. The maximum Gasteiger partial charge on any atom is 0.306 e. The van der Waals surface area contributed by atoms with Crippen molar-refractivity contribution in [1.82, 2.24) is 5.32 Å². The monoisotopic (exact) mass is 260 g/mol. The van der Waals surface area contributed by atoms with Gasteiger partial charge in [0, 0.05) is 6.04 Å². The fourth-order valence-corrected chi connectivity index (χ4v) is 2.51. The van der Waals surface area contributed by atoms with E-state index in [0.717, 1.165) is 12.2 Å². The van der Waals surface area contributed by atoms with Crippen LogP contribution in [0.1, 0.15) is 25.7 Å². The number of nitrogens with two attached hydrogens (primary N) is 1. The fourth-order valence-electron chi connectivity index (χ4n) is 2.02. The van der Waals surface area contributed by atoms with Gasteiger partial charge in [-0.3, -0.25) is 9.59 Å². The Hall–Kier alpha value is -0.750. The average molecular weight is 260 g/mol. The molecule has 0 aromatic carbocycles. The molecular weight excluding hydrogens is 240 g/mol. The summed E-state index contributed by atoms with van der Waals surface area (Å²) < 4.78 is 0. The van der Waals surface area contributed by atoms with Gasteiger partial charge in [-0.25, -0.2) is 0 Å². The van der Waals surface area contributed by atoms with Crippen molar-refractivity contribution in [2.75, 3.05) is 12.0 Å². The van der Waals surface area contributed by atoms with E-state index in [1.807, 2.05) is 6.26 Å². The first-order chi connectivity index (χ1) is 8.04. The first kappa shape index (κ1) is 14.3. The number of aliphatic carboxylic acids is 1. The van der Waals surface area contributed by atoms with Crippen LogP contribution in [-0.2, 0) is 9.59 Å². The summed E-state index contributed by atoms with van der Waals surface area (Å²) in [6, 6.07) is -0.504. The van der Waals surface area contributed by atoms with E-state index in [2.05, 4.69) is 5.32 Å². The van der Waals surface area contributed by atoms with Crippen molar-refractivity contribution in [1.29, 1.82) is 0 Å². The summed E-state index contributed by atoms with van der Waals surface area (Å²) >= 11 is 1.66. The number of hydrogen-bond donors (Lipinski definition) is 3. The Labute approximate surface area is 106 Å². The largest absolute Gasteiger partial charge is 0.481 e. The lowest BCUT2D eigenvalue weighted by molar-refractivity contribution is -0.141. The lowest BCUT2D eigenvalue weighted by Gasteiger charge is -2.16. The van der Waals surface area contributed by atoms with Crippen LogP contribution in [0.4, 0.5) is 0 Å². The molecule has 1 fully saturated rings. The van der Waals surface area contributed by atoms with E-state index in [4.69, 9.17) is 10.8 Å². The number of carbonyl (C=O) groups excluding carboxylic acids is 1. The van der Waals surface area contributed by atoms with Crippen molar-refractivity contribution >= 4 is 23.6 Å². The smallest absolute Gasteiger partial charge is 0.306 e. The molecule has 0 aromatic rings. The van der Waals surface area contributed by atoms with Gasteiger partial charge in [-0.05, 0) is 37.7 Å². The number of carboxylic acids is 1. The lowest BCUT2D eigenvalue weighted by Crippen LogP contribution is -2.45. The number of carboxylic acid groups (broad SMARTS) is 1. The molecule has 0 unspecified atom stereocenters. The molecule has 5 nitrogen and oxygen atoms in total. The number of carbonyl (C=O) groups is 2.